The molecule has 0 saturated heterocycles. The van der Waals surface area contributed by atoms with Crippen molar-refractivity contribution in [3.63, 3.8) is 0 Å². The van der Waals surface area contributed by atoms with Crippen LogP contribution in [0.5, 0.6) is 5.75 Å². The molecule has 0 spiro atoms. The Kier molecular flexibility index (Phi) is 3.56. The first kappa shape index (κ1) is 13.4. The number of phenols is 1. The first-order valence-corrected chi connectivity index (χ1v) is 5.77. The lowest BCUT2D eigenvalue weighted by Gasteiger charge is -2.08. The molecule has 102 valence electrons. The SMILES string of the molecule is NC(=O)c1ccc(C(=O)Nc2ccc(N)cc2O)cc1. The van der Waals surface area contributed by atoms with Crippen molar-refractivity contribution < 1.29 is 14.7 Å². The number of carbonyl (C=O) groups is 2. The minimum atomic E-state index is -0.562. The number of phenolic OH excluding ortho intramolecular Hbond substituents is 1. The molecule has 0 heterocycles. The van der Waals surface area contributed by atoms with Gasteiger partial charge in [0.1, 0.15) is 5.75 Å². The van der Waals surface area contributed by atoms with E-state index in [1.165, 1.54) is 36.4 Å². The van der Waals surface area contributed by atoms with Crippen molar-refractivity contribution in [1.29, 1.82) is 0 Å². The summed E-state index contributed by atoms with van der Waals surface area (Å²) in [5.41, 5.74) is 11.9. The fraction of sp³-hybridized carbons (Fsp3) is 0. The smallest absolute Gasteiger partial charge is 0.255 e. The normalized spacial score (nSPS) is 10.0. The quantitative estimate of drug-likeness (QED) is 0.497. The highest BCUT2D eigenvalue weighted by atomic mass is 16.3. The molecule has 6 N–H and O–H groups in total. The van der Waals surface area contributed by atoms with E-state index in [1.807, 2.05) is 0 Å². The predicted molar refractivity (Wildman–Crippen MR) is 75.4 cm³/mol. The number of rotatable bonds is 3. The van der Waals surface area contributed by atoms with Crippen LogP contribution in [0.25, 0.3) is 0 Å². The van der Waals surface area contributed by atoms with E-state index in [9.17, 15) is 14.7 Å². The van der Waals surface area contributed by atoms with E-state index >= 15 is 0 Å². The van der Waals surface area contributed by atoms with Crippen LogP contribution < -0.4 is 16.8 Å². The van der Waals surface area contributed by atoms with Crippen LogP contribution >= 0.6 is 0 Å². The molecule has 0 saturated carbocycles. The third kappa shape index (κ3) is 2.86. The molecule has 0 aliphatic heterocycles. The van der Waals surface area contributed by atoms with Gasteiger partial charge in [-0.2, -0.15) is 0 Å². The number of nitrogens with two attached hydrogens (primary N) is 2. The van der Waals surface area contributed by atoms with Gasteiger partial charge in [-0.3, -0.25) is 9.59 Å². The van der Waals surface area contributed by atoms with Gasteiger partial charge in [-0.1, -0.05) is 0 Å². The summed E-state index contributed by atoms with van der Waals surface area (Å²) < 4.78 is 0. The summed E-state index contributed by atoms with van der Waals surface area (Å²) in [6, 6.07) is 10.3. The molecule has 6 heteroatoms. The number of nitrogens with one attached hydrogen (secondary N) is 1. The summed E-state index contributed by atoms with van der Waals surface area (Å²) >= 11 is 0. The van der Waals surface area contributed by atoms with Gasteiger partial charge < -0.3 is 21.9 Å². The van der Waals surface area contributed by atoms with E-state index in [1.54, 1.807) is 6.07 Å². The van der Waals surface area contributed by atoms with Gasteiger partial charge in [-0.25, -0.2) is 0 Å². The number of anilines is 2. The Morgan fingerprint density at radius 3 is 2.15 bits per heavy atom. The summed E-state index contributed by atoms with van der Waals surface area (Å²) in [6.45, 7) is 0. The molecule has 0 atom stereocenters. The first-order chi connectivity index (χ1) is 9.47. The number of amides is 2. The summed E-state index contributed by atoms with van der Waals surface area (Å²) in [5, 5.41) is 12.2. The number of nitrogen functional groups attached to an aromatic ring is 1. The Hall–Kier alpha value is -3.02. The molecule has 2 amide bonds. The molecule has 2 aromatic carbocycles. The highest BCUT2D eigenvalue weighted by Gasteiger charge is 2.10. The zero-order valence-electron chi connectivity index (χ0n) is 10.5. The van der Waals surface area contributed by atoms with Gasteiger partial charge in [0.2, 0.25) is 5.91 Å². The summed E-state index contributed by atoms with van der Waals surface area (Å²) in [6.07, 6.45) is 0. The molecule has 0 fully saturated rings. The van der Waals surface area contributed by atoms with Crippen LogP contribution in [0.1, 0.15) is 20.7 Å². The van der Waals surface area contributed by atoms with Gasteiger partial charge in [0.05, 0.1) is 5.69 Å². The molecular formula is C14H13N3O3. The highest BCUT2D eigenvalue weighted by Crippen LogP contribution is 2.25. The second kappa shape index (κ2) is 5.31. The van der Waals surface area contributed by atoms with Gasteiger partial charge >= 0.3 is 0 Å². The monoisotopic (exact) mass is 271 g/mol. The topological polar surface area (TPSA) is 118 Å². The fourth-order valence-corrected chi connectivity index (χ4v) is 1.63. The van der Waals surface area contributed by atoms with E-state index in [0.29, 0.717) is 16.8 Å². The third-order valence-electron chi connectivity index (χ3n) is 2.70. The first-order valence-electron chi connectivity index (χ1n) is 5.77. The molecule has 2 aromatic rings. The third-order valence-corrected chi connectivity index (χ3v) is 2.70. The van der Waals surface area contributed by atoms with Gasteiger partial charge in [0.15, 0.2) is 0 Å². The van der Waals surface area contributed by atoms with Crippen molar-refractivity contribution in [3.8, 4) is 5.75 Å². The number of carbonyl (C=O) groups excluding carboxylic acids is 2. The number of aromatic hydroxyl groups is 1. The predicted octanol–water partition coefficient (Wildman–Crippen LogP) is 1.33. The van der Waals surface area contributed by atoms with Crippen molar-refractivity contribution in [1.82, 2.24) is 0 Å². The number of benzene rings is 2. The second-order valence-electron chi connectivity index (χ2n) is 4.17. The van der Waals surface area contributed by atoms with Crippen LogP contribution in [-0.4, -0.2) is 16.9 Å². The standard InChI is InChI=1S/C14H13N3O3/c15-10-5-6-11(12(18)7-10)17-14(20)9-3-1-8(2-4-9)13(16)19/h1-7,18H,15H2,(H2,16,19)(H,17,20). The van der Waals surface area contributed by atoms with E-state index in [-0.39, 0.29) is 11.4 Å². The van der Waals surface area contributed by atoms with Crippen molar-refractivity contribution in [2.24, 2.45) is 5.73 Å². The Balaban J connectivity index is 2.17. The second-order valence-corrected chi connectivity index (χ2v) is 4.17. The minimum Gasteiger partial charge on any atom is -0.506 e. The number of hydrogen-bond acceptors (Lipinski definition) is 4. The summed E-state index contributed by atoms with van der Waals surface area (Å²) in [5.74, 6) is -1.10. The van der Waals surface area contributed by atoms with Crippen LogP contribution in [0, 0.1) is 0 Å². The van der Waals surface area contributed by atoms with E-state index in [2.05, 4.69) is 5.32 Å². The molecular weight excluding hydrogens is 258 g/mol. The van der Waals surface area contributed by atoms with Crippen molar-refractivity contribution >= 4 is 23.2 Å². The van der Waals surface area contributed by atoms with Crippen LogP contribution in [0.15, 0.2) is 42.5 Å². The maximum Gasteiger partial charge on any atom is 0.255 e. The molecule has 0 aliphatic carbocycles. The molecule has 2 rings (SSSR count). The van der Waals surface area contributed by atoms with Crippen LogP contribution in [0.3, 0.4) is 0 Å². The van der Waals surface area contributed by atoms with Gasteiger partial charge in [0.25, 0.3) is 5.91 Å². The summed E-state index contributed by atoms with van der Waals surface area (Å²) in [4.78, 5) is 22.9. The number of primary amides is 1. The lowest BCUT2D eigenvalue weighted by molar-refractivity contribution is 0.0995. The Morgan fingerprint density at radius 2 is 1.60 bits per heavy atom. The molecule has 0 aromatic heterocycles. The van der Waals surface area contributed by atoms with Crippen LogP contribution in [-0.2, 0) is 0 Å². The lowest BCUT2D eigenvalue weighted by Crippen LogP contribution is -2.14. The number of hydrogen-bond donors (Lipinski definition) is 4. The molecule has 0 bridgehead atoms. The minimum absolute atomic E-state index is 0.118. The zero-order valence-corrected chi connectivity index (χ0v) is 10.5. The van der Waals surface area contributed by atoms with Crippen molar-refractivity contribution in [2.75, 3.05) is 11.1 Å². The van der Waals surface area contributed by atoms with Crippen LogP contribution in [0.4, 0.5) is 11.4 Å². The van der Waals surface area contributed by atoms with Crippen molar-refractivity contribution in [3.05, 3.63) is 53.6 Å². The van der Waals surface area contributed by atoms with E-state index < -0.39 is 11.8 Å². The molecule has 0 aliphatic rings. The van der Waals surface area contributed by atoms with Crippen molar-refractivity contribution in [2.45, 2.75) is 0 Å². The highest BCUT2D eigenvalue weighted by molar-refractivity contribution is 6.05. The van der Waals surface area contributed by atoms with Crippen LogP contribution in [0.2, 0.25) is 0 Å². The largest absolute Gasteiger partial charge is 0.506 e. The average Bonchev–Trinajstić information content (AvgIpc) is 2.42. The van der Waals surface area contributed by atoms with E-state index in [4.69, 9.17) is 11.5 Å². The van der Waals surface area contributed by atoms with E-state index in [0.717, 1.165) is 0 Å². The molecule has 6 nitrogen and oxygen atoms in total. The lowest BCUT2D eigenvalue weighted by atomic mass is 10.1. The zero-order chi connectivity index (χ0) is 14.7. The molecule has 20 heavy (non-hydrogen) atoms. The Morgan fingerprint density at radius 1 is 1.00 bits per heavy atom. The van der Waals surface area contributed by atoms with Gasteiger partial charge in [0, 0.05) is 22.9 Å². The maximum absolute atomic E-state index is 12.0. The van der Waals surface area contributed by atoms with Gasteiger partial charge in [-0.05, 0) is 36.4 Å². The van der Waals surface area contributed by atoms with Gasteiger partial charge in [-0.15, -0.1) is 0 Å². The Bertz CT molecular complexity index is 666. The Labute approximate surface area is 115 Å². The molecule has 0 radical (unpaired) electrons. The molecule has 0 unspecified atom stereocenters. The summed E-state index contributed by atoms with van der Waals surface area (Å²) in [7, 11) is 0. The average molecular weight is 271 g/mol. The fourth-order valence-electron chi connectivity index (χ4n) is 1.63. The maximum atomic E-state index is 12.0.